The van der Waals surface area contributed by atoms with Crippen LogP contribution in [0.2, 0.25) is 0 Å². The van der Waals surface area contributed by atoms with Gasteiger partial charge in [0.25, 0.3) is 0 Å². The maximum Gasteiger partial charge on any atom is 0.160 e. The van der Waals surface area contributed by atoms with Crippen molar-refractivity contribution >= 4 is 12.2 Å². The molecule has 0 aliphatic heterocycles. The lowest BCUT2D eigenvalue weighted by molar-refractivity contribution is 0.373. The zero-order valence-electron chi connectivity index (χ0n) is 10.4. The average Bonchev–Trinajstić information content (AvgIpc) is 2.35. The molecule has 0 amide bonds. The van der Waals surface area contributed by atoms with Crippen LogP contribution in [0.25, 0.3) is 12.2 Å². The number of methoxy groups -OCH3 is 1. The fourth-order valence-electron chi connectivity index (χ4n) is 1.72. The predicted molar refractivity (Wildman–Crippen MR) is 73.4 cm³/mol. The standard InChI is InChI=1S/C15H14O4/c1-19-15-5-4-10(8-14(15)18)2-3-11-6-12(16)9-13(17)7-11/h2-9,16-18H,1H3/b3-2-. The van der Waals surface area contributed by atoms with Gasteiger partial charge in [0.2, 0.25) is 0 Å². The van der Waals surface area contributed by atoms with E-state index < -0.39 is 0 Å². The van der Waals surface area contributed by atoms with Gasteiger partial charge in [-0.2, -0.15) is 0 Å². The van der Waals surface area contributed by atoms with Crippen molar-refractivity contribution < 1.29 is 20.1 Å². The smallest absolute Gasteiger partial charge is 0.160 e. The summed E-state index contributed by atoms with van der Waals surface area (Å²) in [6, 6.07) is 9.33. The van der Waals surface area contributed by atoms with Crippen LogP contribution >= 0.6 is 0 Å². The first-order chi connectivity index (χ1) is 9.08. The van der Waals surface area contributed by atoms with Crippen LogP contribution in [0, 0.1) is 0 Å². The number of aromatic hydroxyl groups is 3. The lowest BCUT2D eigenvalue weighted by Gasteiger charge is -2.03. The summed E-state index contributed by atoms with van der Waals surface area (Å²) in [4.78, 5) is 0. The molecule has 0 saturated carbocycles. The van der Waals surface area contributed by atoms with Crippen LogP contribution in [0.5, 0.6) is 23.0 Å². The highest BCUT2D eigenvalue weighted by Crippen LogP contribution is 2.27. The number of benzene rings is 2. The Kier molecular flexibility index (Phi) is 3.61. The summed E-state index contributed by atoms with van der Waals surface area (Å²) in [5.41, 5.74) is 1.44. The quantitative estimate of drug-likeness (QED) is 0.740. The molecule has 0 aliphatic rings. The Labute approximate surface area is 110 Å². The number of hydrogen-bond donors (Lipinski definition) is 3. The molecule has 2 rings (SSSR count). The van der Waals surface area contributed by atoms with Crippen LogP contribution in [0.1, 0.15) is 11.1 Å². The molecule has 4 heteroatoms. The Bertz CT molecular complexity index is 597. The summed E-state index contributed by atoms with van der Waals surface area (Å²) in [6.45, 7) is 0. The monoisotopic (exact) mass is 258 g/mol. The third-order valence-electron chi connectivity index (χ3n) is 2.60. The zero-order valence-corrected chi connectivity index (χ0v) is 10.4. The van der Waals surface area contributed by atoms with Crippen LogP contribution in [0.4, 0.5) is 0 Å². The van der Waals surface area contributed by atoms with Crippen molar-refractivity contribution in [2.24, 2.45) is 0 Å². The number of ether oxygens (including phenoxy) is 1. The minimum atomic E-state index is -0.00257. The van der Waals surface area contributed by atoms with E-state index in [0.717, 1.165) is 5.56 Å². The second kappa shape index (κ2) is 5.35. The van der Waals surface area contributed by atoms with Gasteiger partial charge in [0, 0.05) is 6.07 Å². The normalized spacial score (nSPS) is 10.8. The Morgan fingerprint density at radius 1 is 0.842 bits per heavy atom. The summed E-state index contributed by atoms with van der Waals surface area (Å²) in [5.74, 6) is 0.463. The molecule has 19 heavy (non-hydrogen) atoms. The molecule has 0 unspecified atom stereocenters. The molecule has 0 saturated heterocycles. The molecule has 2 aromatic rings. The van der Waals surface area contributed by atoms with E-state index in [1.807, 2.05) is 0 Å². The van der Waals surface area contributed by atoms with Crippen LogP contribution in [0.3, 0.4) is 0 Å². The molecule has 0 radical (unpaired) electrons. The van der Waals surface area contributed by atoms with E-state index in [4.69, 9.17) is 4.74 Å². The van der Waals surface area contributed by atoms with Crippen LogP contribution in [0.15, 0.2) is 36.4 Å². The third kappa shape index (κ3) is 3.19. The summed E-state index contributed by atoms with van der Waals surface area (Å²) >= 11 is 0. The first-order valence-corrected chi connectivity index (χ1v) is 5.66. The minimum Gasteiger partial charge on any atom is -0.508 e. The number of hydrogen-bond acceptors (Lipinski definition) is 4. The third-order valence-corrected chi connectivity index (χ3v) is 2.60. The molecule has 0 atom stereocenters. The van der Waals surface area contributed by atoms with Gasteiger partial charge >= 0.3 is 0 Å². The van der Waals surface area contributed by atoms with Crippen molar-refractivity contribution in [1.29, 1.82) is 0 Å². The van der Waals surface area contributed by atoms with E-state index in [9.17, 15) is 15.3 Å². The molecule has 0 spiro atoms. The molecular formula is C15H14O4. The predicted octanol–water partition coefficient (Wildman–Crippen LogP) is 2.98. The van der Waals surface area contributed by atoms with Crippen molar-refractivity contribution in [3.63, 3.8) is 0 Å². The lowest BCUT2D eigenvalue weighted by atomic mass is 10.1. The molecule has 98 valence electrons. The van der Waals surface area contributed by atoms with Gasteiger partial charge in [0.1, 0.15) is 11.5 Å². The number of phenolic OH excluding ortho intramolecular Hbond substituents is 3. The fraction of sp³-hybridized carbons (Fsp3) is 0.0667. The van der Waals surface area contributed by atoms with E-state index in [-0.39, 0.29) is 17.2 Å². The maximum absolute atomic E-state index is 9.64. The maximum atomic E-state index is 9.64. The topological polar surface area (TPSA) is 69.9 Å². The van der Waals surface area contributed by atoms with E-state index in [0.29, 0.717) is 11.3 Å². The fourth-order valence-corrected chi connectivity index (χ4v) is 1.72. The molecule has 3 N–H and O–H groups in total. The summed E-state index contributed by atoms with van der Waals surface area (Å²) in [5, 5.41) is 28.3. The molecule has 4 nitrogen and oxygen atoms in total. The van der Waals surface area contributed by atoms with Crippen molar-refractivity contribution in [1.82, 2.24) is 0 Å². The molecule has 0 fully saturated rings. The Morgan fingerprint density at radius 2 is 1.47 bits per heavy atom. The van der Waals surface area contributed by atoms with Crippen molar-refractivity contribution in [3.05, 3.63) is 47.5 Å². The van der Waals surface area contributed by atoms with E-state index in [1.54, 1.807) is 30.4 Å². The van der Waals surface area contributed by atoms with Gasteiger partial charge < -0.3 is 20.1 Å². The van der Waals surface area contributed by atoms with Crippen LogP contribution in [-0.4, -0.2) is 22.4 Å². The van der Waals surface area contributed by atoms with E-state index in [2.05, 4.69) is 0 Å². The molecule has 0 bridgehead atoms. The van der Waals surface area contributed by atoms with E-state index >= 15 is 0 Å². The first kappa shape index (κ1) is 12.8. The van der Waals surface area contributed by atoms with E-state index in [1.165, 1.54) is 25.3 Å². The van der Waals surface area contributed by atoms with Gasteiger partial charge in [0.15, 0.2) is 11.5 Å². The molecular weight excluding hydrogens is 244 g/mol. The van der Waals surface area contributed by atoms with Gasteiger partial charge in [-0.15, -0.1) is 0 Å². The summed E-state index contributed by atoms with van der Waals surface area (Å²) in [6.07, 6.45) is 3.48. The molecule has 0 aromatic heterocycles. The average molecular weight is 258 g/mol. The number of rotatable bonds is 3. The highest BCUT2D eigenvalue weighted by molar-refractivity contribution is 5.72. The largest absolute Gasteiger partial charge is 0.508 e. The number of phenols is 3. The van der Waals surface area contributed by atoms with Gasteiger partial charge in [0.05, 0.1) is 7.11 Å². The SMILES string of the molecule is COc1ccc(/C=C\c2cc(O)cc(O)c2)cc1O. The van der Waals surface area contributed by atoms with Crippen molar-refractivity contribution in [3.8, 4) is 23.0 Å². The van der Waals surface area contributed by atoms with Crippen molar-refractivity contribution in [2.45, 2.75) is 0 Å². The van der Waals surface area contributed by atoms with Crippen LogP contribution in [-0.2, 0) is 0 Å². The highest BCUT2D eigenvalue weighted by atomic mass is 16.5. The first-order valence-electron chi connectivity index (χ1n) is 5.66. The summed E-state index contributed by atoms with van der Waals surface area (Å²) in [7, 11) is 1.49. The highest BCUT2D eigenvalue weighted by Gasteiger charge is 2.00. The molecule has 0 heterocycles. The zero-order chi connectivity index (χ0) is 13.8. The second-order valence-corrected chi connectivity index (χ2v) is 4.05. The van der Waals surface area contributed by atoms with Gasteiger partial charge in [-0.3, -0.25) is 0 Å². The Balaban J connectivity index is 2.24. The van der Waals surface area contributed by atoms with Gasteiger partial charge in [-0.25, -0.2) is 0 Å². The second-order valence-electron chi connectivity index (χ2n) is 4.05. The molecule has 0 aliphatic carbocycles. The van der Waals surface area contributed by atoms with Crippen LogP contribution < -0.4 is 4.74 Å². The summed E-state index contributed by atoms with van der Waals surface area (Å²) < 4.78 is 4.95. The van der Waals surface area contributed by atoms with Gasteiger partial charge in [-0.05, 0) is 35.4 Å². The minimum absolute atomic E-state index is 0.00257. The van der Waals surface area contributed by atoms with Gasteiger partial charge in [-0.1, -0.05) is 18.2 Å². The van der Waals surface area contributed by atoms with Crippen molar-refractivity contribution in [2.75, 3.05) is 7.11 Å². The molecule has 2 aromatic carbocycles. The Morgan fingerprint density at radius 3 is 2.05 bits per heavy atom. The Hall–Kier alpha value is -2.62. The lowest BCUT2D eigenvalue weighted by Crippen LogP contribution is -1.83.